The molecule has 0 aliphatic carbocycles. The van der Waals surface area contributed by atoms with Crippen molar-refractivity contribution >= 4 is 62.9 Å². The van der Waals surface area contributed by atoms with Crippen LogP contribution in [-0.4, -0.2) is 55.3 Å². The van der Waals surface area contributed by atoms with E-state index in [0.717, 1.165) is 34.1 Å². The molecule has 0 saturated heterocycles. The van der Waals surface area contributed by atoms with Crippen LogP contribution >= 0.6 is 0 Å². The second-order valence-corrected chi connectivity index (χ2v) is 21.1. The molecule has 2 atom stereocenters. The minimum atomic E-state index is -0.809. The van der Waals surface area contributed by atoms with Gasteiger partial charge in [-0.2, -0.15) is 0 Å². The number of pyridine rings is 2. The number of ether oxygens (including phenoxy) is 1. The summed E-state index contributed by atoms with van der Waals surface area (Å²) in [5.74, 6) is -4.81. The predicted molar refractivity (Wildman–Crippen MR) is 317 cm³/mol. The van der Waals surface area contributed by atoms with Gasteiger partial charge in [0, 0.05) is 92.4 Å². The number of nitrogen functional groups attached to an aromatic ring is 1. The van der Waals surface area contributed by atoms with Crippen molar-refractivity contribution in [2.75, 3.05) is 11.1 Å². The summed E-state index contributed by atoms with van der Waals surface area (Å²) in [5, 5.41) is 10.3. The minimum absolute atomic E-state index is 0.0256. The summed E-state index contributed by atoms with van der Waals surface area (Å²) in [6.07, 6.45) is 6.07. The molecule has 20 heteroatoms. The molecule has 6 aromatic carbocycles. The van der Waals surface area contributed by atoms with Crippen LogP contribution in [0.5, 0.6) is 0 Å². The van der Waals surface area contributed by atoms with Crippen LogP contribution in [0.1, 0.15) is 87.2 Å². The molecule has 0 fully saturated rings. The average molecular weight is 1150 g/mol. The highest BCUT2D eigenvalue weighted by atomic mass is 19.1. The first-order chi connectivity index (χ1) is 40.6. The predicted octanol–water partition coefficient (Wildman–Crippen LogP) is 11.4. The second kappa shape index (κ2) is 25.7. The number of halogens is 4. The number of carbonyl (C=O) groups excluding carboxylic acids is 5. The maximum absolute atomic E-state index is 14.2. The Hall–Kier alpha value is -10.6. The molecular formula is C65H58F4N10O6. The molecule has 5 amide bonds. The lowest BCUT2D eigenvalue weighted by Crippen LogP contribution is -2.32. The number of anilines is 2. The van der Waals surface area contributed by atoms with Crippen LogP contribution in [0.3, 0.4) is 0 Å². The number of benzene rings is 6. The molecule has 11 N–H and O–H groups in total. The summed E-state index contributed by atoms with van der Waals surface area (Å²) < 4.78 is 61.8. The Morgan fingerprint density at radius 2 is 1.00 bits per heavy atom. The Kier molecular flexibility index (Phi) is 17.8. The van der Waals surface area contributed by atoms with Crippen molar-refractivity contribution in [1.29, 1.82) is 0 Å². The van der Waals surface area contributed by atoms with E-state index >= 15 is 0 Å². The smallest absolute Gasteiger partial charge is 0.412 e. The number of H-pyrrole nitrogens is 2. The summed E-state index contributed by atoms with van der Waals surface area (Å²) >= 11 is 0. The lowest BCUT2D eigenvalue weighted by Gasteiger charge is -2.22. The van der Waals surface area contributed by atoms with Crippen molar-refractivity contribution < 1.29 is 46.3 Å². The SMILES string of the molecule is CC(C)(C)OC(=O)Nc1ccc2[nH]cc(CC(=O)N[C@@H](Cc3cc(F)cc(F)c3)c3ncccc3-c3cccc(C(N)=O)c3)c2c1.NC(=O)c1cccc(-c2cccnc2[C@H](Cc2cc(F)cc(F)c2)NC(=O)Cc2c[nH]c3ccc(N)cc23)c1. The Bertz CT molecular complexity index is 4120. The van der Waals surface area contributed by atoms with Crippen molar-refractivity contribution in [3.05, 3.63) is 238 Å². The molecule has 0 saturated carbocycles. The Morgan fingerprint density at radius 3 is 1.45 bits per heavy atom. The molecule has 4 aromatic heterocycles. The van der Waals surface area contributed by atoms with Crippen LogP contribution in [0.4, 0.5) is 33.7 Å². The molecule has 0 bridgehead atoms. The van der Waals surface area contributed by atoms with Gasteiger partial charge in [-0.15, -0.1) is 0 Å². The molecule has 0 radical (unpaired) electrons. The van der Waals surface area contributed by atoms with Crippen molar-refractivity contribution in [2.45, 2.75) is 64.1 Å². The standard InChI is InChI=1S/C35H33F2N5O4.C30H25F2N5O2/c1-35(2,3)46-34(45)41-26-9-10-29-28(18-26)23(19-40-29)16-31(43)42-30(14-20-12-24(36)17-25(37)13-20)32-27(8-5-11-39-32)21-6-4-7-22(15-21)33(38)44;31-21-9-17(10-22(32)14-21)11-27(37-28(38)13-20-16-36-26-7-6-23(33)15-25(20)26)29-24(5-2-8-35-29)18-3-1-4-19(12-18)30(34)39/h4-13,15,17-19,30,40H,14,16H2,1-3H3,(H2,38,44)(H,41,45)(H,42,43);1-10,12,14-16,27,36H,11,13,33H2,(H2,34,39)(H,37,38)/t30-;27-/m00/s1. The van der Waals surface area contributed by atoms with Gasteiger partial charge >= 0.3 is 6.09 Å². The van der Waals surface area contributed by atoms with Gasteiger partial charge in [-0.25, -0.2) is 22.4 Å². The van der Waals surface area contributed by atoms with Crippen LogP contribution < -0.4 is 33.2 Å². The number of carbonyl (C=O) groups is 5. The van der Waals surface area contributed by atoms with E-state index in [2.05, 4.69) is 35.9 Å². The van der Waals surface area contributed by atoms with Crippen LogP contribution in [0, 0.1) is 23.3 Å². The topological polar surface area (TPSA) is 266 Å². The first-order valence-corrected chi connectivity index (χ1v) is 26.8. The minimum Gasteiger partial charge on any atom is -0.444 e. The fourth-order valence-corrected chi connectivity index (χ4v) is 9.92. The molecule has 10 rings (SSSR count). The summed E-state index contributed by atoms with van der Waals surface area (Å²) in [7, 11) is 0. The molecule has 85 heavy (non-hydrogen) atoms. The number of nitrogens with one attached hydrogen (secondary N) is 5. The normalized spacial score (nSPS) is 11.9. The third-order valence-corrected chi connectivity index (χ3v) is 13.6. The first-order valence-electron chi connectivity index (χ1n) is 26.8. The number of fused-ring (bicyclic) bond motifs is 2. The summed E-state index contributed by atoms with van der Waals surface area (Å²) in [6, 6.07) is 36.0. The van der Waals surface area contributed by atoms with Gasteiger partial charge in [0.2, 0.25) is 23.6 Å². The first kappa shape index (κ1) is 59.0. The molecule has 4 heterocycles. The largest absolute Gasteiger partial charge is 0.444 e. The van der Waals surface area contributed by atoms with Gasteiger partial charge in [-0.05, 0) is 164 Å². The number of hydrogen-bond donors (Lipinski definition) is 8. The van der Waals surface area contributed by atoms with Gasteiger partial charge in [0.15, 0.2) is 0 Å². The quantitative estimate of drug-likeness (QED) is 0.0318. The molecule has 0 aliphatic heterocycles. The summed E-state index contributed by atoms with van der Waals surface area (Å²) in [5.41, 5.74) is 25.0. The fourth-order valence-electron chi connectivity index (χ4n) is 9.92. The monoisotopic (exact) mass is 1150 g/mol. The second-order valence-electron chi connectivity index (χ2n) is 21.1. The van der Waals surface area contributed by atoms with Crippen molar-refractivity contribution in [3.8, 4) is 22.3 Å². The van der Waals surface area contributed by atoms with E-state index in [-0.39, 0.29) is 37.5 Å². The molecule has 0 unspecified atom stereocenters. The number of aromatic amines is 2. The van der Waals surface area contributed by atoms with E-state index in [9.17, 15) is 41.5 Å². The van der Waals surface area contributed by atoms with Crippen molar-refractivity contribution in [1.82, 2.24) is 30.6 Å². The molecular weight excluding hydrogens is 1090 g/mol. The zero-order chi connectivity index (χ0) is 60.5. The van der Waals surface area contributed by atoms with E-state index in [0.29, 0.717) is 78.2 Å². The van der Waals surface area contributed by atoms with Crippen molar-refractivity contribution in [3.63, 3.8) is 0 Å². The number of nitrogens with zero attached hydrogens (tertiary/aromatic N) is 2. The van der Waals surface area contributed by atoms with Gasteiger partial charge in [-0.1, -0.05) is 36.4 Å². The average Bonchev–Trinajstić information content (AvgIpc) is 4.21. The summed E-state index contributed by atoms with van der Waals surface area (Å²) in [4.78, 5) is 78.3. The number of rotatable bonds is 17. The van der Waals surface area contributed by atoms with Crippen molar-refractivity contribution in [2.24, 2.45) is 11.5 Å². The highest BCUT2D eigenvalue weighted by Gasteiger charge is 2.25. The van der Waals surface area contributed by atoms with Gasteiger partial charge in [0.05, 0.1) is 36.3 Å². The zero-order valence-electron chi connectivity index (χ0n) is 46.2. The van der Waals surface area contributed by atoms with Gasteiger partial charge in [0.1, 0.15) is 28.9 Å². The Balaban J connectivity index is 0.000000206. The van der Waals surface area contributed by atoms with E-state index in [1.165, 1.54) is 24.3 Å². The van der Waals surface area contributed by atoms with Crippen LogP contribution in [0.2, 0.25) is 0 Å². The van der Waals surface area contributed by atoms with Gasteiger partial charge in [0.25, 0.3) is 0 Å². The molecule has 0 spiro atoms. The lowest BCUT2D eigenvalue weighted by atomic mass is 9.94. The van der Waals surface area contributed by atoms with Crippen LogP contribution in [-0.2, 0) is 40.0 Å². The highest BCUT2D eigenvalue weighted by molar-refractivity contribution is 5.96. The van der Waals surface area contributed by atoms with Crippen LogP contribution in [0.15, 0.2) is 170 Å². The Morgan fingerprint density at radius 1 is 0.553 bits per heavy atom. The number of primary amides is 2. The maximum Gasteiger partial charge on any atom is 0.412 e. The van der Waals surface area contributed by atoms with E-state index in [4.69, 9.17) is 21.9 Å². The van der Waals surface area contributed by atoms with Gasteiger partial charge < -0.3 is 42.5 Å². The van der Waals surface area contributed by atoms with E-state index < -0.39 is 58.9 Å². The molecule has 432 valence electrons. The molecule has 10 aromatic rings. The lowest BCUT2D eigenvalue weighted by molar-refractivity contribution is -0.122. The zero-order valence-corrected chi connectivity index (χ0v) is 46.2. The van der Waals surface area contributed by atoms with E-state index in [1.807, 2.05) is 6.07 Å². The third-order valence-electron chi connectivity index (χ3n) is 13.6. The maximum atomic E-state index is 14.2. The van der Waals surface area contributed by atoms with Crippen LogP contribution in [0.25, 0.3) is 44.1 Å². The Labute approximate surface area is 485 Å². The molecule has 16 nitrogen and oxygen atoms in total. The van der Waals surface area contributed by atoms with Gasteiger partial charge in [-0.3, -0.25) is 34.5 Å². The number of aromatic nitrogens is 4. The van der Waals surface area contributed by atoms with E-state index in [1.54, 1.807) is 149 Å². The number of hydrogen-bond acceptors (Lipinski definition) is 9. The number of nitrogens with two attached hydrogens (primary N) is 3. The number of amides is 5. The third kappa shape index (κ3) is 15.3. The fraction of sp³-hybridized carbons (Fsp3) is 0.154. The summed E-state index contributed by atoms with van der Waals surface area (Å²) in [6.45, 7) is 5.30. The molecule has 0 aliphatic rings. The highest BCUT2D eigenvalue weighted by Crippen LogP contribution is 2.33.